The van der Waals surface area contributed by atoms with Gasteiger partial charge in [0.15, 0.2) is 0 Å². The predicted molar refractivity (Wildman–Crippen MR) is 60.3 cm³/mol. The maximum absolute atomic E-state index is 11.1. The molecule has 0 N–H and O–H groups in total. The van der Waals surface area contributed by atoms with Crippen molar-refractivity contribution in [2.75, 3.05) is 0 Å². The molecule has 0 aromatic rings. The van der Waals surface area contributed by atoms with Gasteiger partial charge in [0.1, 0.15) is 0 Å². The normalized spacial score (nSPS) is 29.4. The van der Waals surface area contributed by atoms with Crippen LogP contribution in [0.4, 0.5) is 0 Å². The van der Waals surface area contributed by atoms with Crippen LogP contribution in [-0.4, -0.2) is 5.24 Å². The molecular formula is C12H19ClO. The topological polar surface area (TPSA) is 17.1 Å². The van der Waals surface area contributed by atoms with Crippen molar-refractivity contribution in [1.29, 1.82) is 0 Å². The molecule has 0 heterocycles. The largest absolute Gasteiger partial charge is 0.281 e. The number of allylic oxidation sites excluding steroid dienone is 2. The molecule has 2 atom stereocenters. The highest BCUT2D eigenvalue weighted by atomic mass is 35.5. The Morgan fingerprint density at radius 3 is 2.57 bits per heavy atom. The molecule has 1 nitrogen and oxygen atoms in total. The summed E-state index contributed by atoms with van der Waals surface area (Å²) < 4.78 is 0. The molecule has 0 amide bonds. The van der Waals surface area contributed by atoms with E-state index in [4.69, 9.17) is 11.6 Å². The lowest BCUT2D eigenvalue weighted by Gasteiger charge is -1.96. The lowest BCUT2D eigenvalue weighted by molar-refractivity contribution is -0.113. The summed E-state index contributed by atoms with van der Waals surface area (Å²) in [6.07, 6.45) is 7.92. The zero-order valence-corrected chi connectivity index (χ0v) is 9.97. The Hall–Kier alpha value is -0.300. The number of hydrogen-bond donors (Lipinski definition) is 0. The second kappa shape index (κ2) is 4.48. The molecule has 0 bridgehead atoms. The van der Waals surface area contributed by atoms with Crippen LogP contribution in [-0.2, 0) is 4.79 Å². The van der Waals surface area contributed by atoms with Crippen molar-refractivity contribution >= 4 is 16.8 Å². The monoisotopic (exact) mass is 214 g/mol. The van der Waals surface area contributed by atoms with Gasteiger partial charge in [-0.15, -0.1) is 0 Å². The van der Waals surface area contributed by atoms with Gasteiger partial charge in [-0.1, -0.05) is 45.8 Å². The fourth-order valence-electron chi connectivity index (χ4n) is 2.04. The number of hydrogen-bond acceptors (Lipinski definition) is 1. The van der Waals surface area contributed by atoms with Gasteiger partial charge in [-0.25, -0.2) is 0 Å². The lowest BCUT2D eigenvalue weighted by atomic mass is 10.1. The van der Waals surface area contributed by atoms with Gasteiger partial charge in [-0.05, 0) is 29.4 Å². The van der Waals surface area contributed by atoms with E-state index in [2.05, 4.69) is 32.9 Å². The second-order valence-electron chi connectivity index (χ2n) is 4.70. The first-order valence-electron chi connectivity index (χ1n) is 5.37. The Balaban J connectivity index is 2.41. The Morgan fingerprint density at radius 2 is 2.14 bits per heavy atom. The van der Waals surface area contributed by atoms with Crippen molar-refractivity contribution in [3.63, 3.8) is 0 Å². The summed E-state index contributed by atoms with van der Waals surface area (Å²) in [5.41, 5.74) is 0.0849. The minimum Gasteiger partial charge on any atom is -0.281 e. The van der Waals surface area contributed by atoms with E-state index < -0.39 is 0 Å². The van der Waals surface area contributed by atoms with Gasteiger partial charge in [-0.2, -0.15) is 0 Å². The quantitative estimate of drug-likeness (QED) is 0.387. The van der Waals surface area contributed by atoms with Gasteiger partial charge in [0.25, 0.3) is 0 Å². The summed E-state index contributed by atoms with van der Waals surface area (Å²) in [6.45, 7) is 6.39. The molecule has 80 valence electrons. The fraction of sp³-hybridized carbons (Fsp3) is 0.750. The van der Waals surface area contributed by atoms with E-state index in [0.29, 0.717) is 5.92 Å². The van der Waals surface area contributed by atoms with Gasteiger partial charge in [0.05, 0.1) is 0 Å². The molecule has 1 aliphatic rings. The van der Waals surface area contributed by atoms with Crippen molar-refractivity contribution in [2.24, 2.45) is 17.3 Å². The van der Waals surface area contributed by atoms with Crippen molar-refractivity contribution in [1.82, 2.24) is 0 Å². The predicted octanol–water partition coefficient (Wildman–Crippen LogP) is 3.77. The van der Waals surface area contributed by atoms with E-state index in [0.717, 1.165) is 6.42 Å². The standard InChI is InChI=1S/C12H19ClO/c1-4-5-6-7-8-9-10(11(13)14)12(9,2)3/h7-10H,4-6H2,1-3H3. The van der Waals surface area contributed by atoms with Crippen LogP contribution >= 0.6 is 11.6 Å². The number of rotatable bonds is 5. The summed E-state index contributed by atoms with van der Waals surface area (Å²) in [5.74, 6) is 0.409. The molecule has 1 rings (SSSR count). The average Bonchev–Trinajstić information content (AvgIpc) is 2.62. The van der Waals surface area contributed by atoms with Crippen LogP contribution in [0.3, 0.4) is 0 Å². The maximum Gasteiger partial charge on any atom is 0.225 e. The summed E-state index contributed by atoms with van der Waals surface area (Å²) in [5, 5.41) is -0.180. The molecule has 0 aromatic carbocycles. The summed E-state index contributed by atoms with van der Waals surface area (Å²) in [6, 6.07) is 0. The zero-order valence-electron chi connectivity index (χ0n) is 9.22. The summed E-state index contributed by atoms with van der Waals surface area (Å²) >= 11 is 5.52. The molecule has 2 unspecified atom stereocenters. The Bertz CT molecular complexity index is 243. The van der Waals surface area contributed by atoms with Crippen molar-refractivity contribution < 1.29 is 4.79 Å². The number of carbonyl (C=O) groups is 1. The van der Waals surface area contributed by atoms with Gasteiger partial charge in [-0.3, -0.25) is 4.79 Å². The van der Waals surface area contributed by atoms with Crippen molar-refractivity contribution in [2.45, 2.75) is 40.0 Å². The van der Waals surface area contributed by atoms with Crippen LogP contribution in [0.1, 0.15) is 40.0 Å². The van der Waals surface area contributed by atoms with Crippen LogP contribution < -0.4 is 0 Å². The molecule has 14 heavy (non-hydrogen) atoms. The van der Waals surface area contributed by atoms with Gasteiger partial charge < -0.3 is 0 Å². The maximum atomic E-state index is 11.1. The molecule has 0 saturated heterocycles. The van der Waals surface area contributed by atoms with Crippen LogP contribution in [0.25, 0.3) is 0 Å². The number of carbonyl (C=O) groups excluding carboxylic acids is 1. The molecule has 1 fully saturated rings. The minimum absolute atomic E-state index is 0.0436. The molecule has 1 saturated carbocycles. The zero-order chi connectivity index (χ0) is 10.8. The van der Waals surface area contributed by atoms with Gasteiger partial charge in [0, 0.05) is 5.92 Å². The molecule has 2 heteroatoms. The summed E-state index contributed by atoms with van der Waals surface area (Å²) in [4.78, 5) is 11.1. The van der Waals surface area contributed by atoms with Crippen molar-refractivity contribution in [3.8, 4) is 0 Å². The first-order chi connectivity index (χ1) is 6.51. The van der Waals surface area contributed by atoms with E-state index in [1.807, 2.05) is 0 Å². The number of halogens is 1. The highest BCUT2D eigenvalue weighted by Crippen LogP contribution is 2.59. The third kappa shape index (κ3) is 2.38. The molecule has 0 aromatic heterocycles. The molecular weight excluding hydrogens is 196 g/mol. The van der Waals surface area contributed by atoms with Crippen LogP contribution in [0, 0.1) is 17.3 Å². The van der Waals surface area contributed by atoms with E-state index >= 15 is 0 Å². The first-order valence-corrected chi connectivity index (χ1v) is 5.75. The molecule has 0 aliphatic heterocycles. The Labute approximate surface area is 91.5 Å². The first kappa shape index (κ1) is 11.8. The third-order valence-electron chi connectivity index (χ3n) is 3.22. The van der Waals surface area contributed by atoms with Crippen LogP contribution in [0.15, 0.2) is 12.2 Å². The van der Waals surface area contributed by atoms with E-state index in [-0.39, 0.29) is 16.6 Å². The molecule has 0 radical (unpaired) electrons. The van der Waals surface area contributed by atoms with Crippen LogP contribution in [0.5, 0.6) is 0 Å². The van der Waals surface area contributed by atoms with Crippen LogP contribution in [0.2, 0.25) is 0 Å². The van der Waals surface area contributed by atoms with Gasteiger partial charge in [0.2, 0.25) is 5.24 Å². The smallest absolute Gasteiger partial charge is 0.225 e. The Kier molecular flexibility index (Phi) is 3.77. The fourth-order valence-corrected chi connectivity index (χ4v) is 2.45. The van der Waals surface area contributed by atoms with E-state index in [1.165, 1.54) is 12.8 Å². The summed E-state index contributed by atoms with van der Waals surface area (Å²) in [7, 11) is 0. The Morgan fingerprint density at radius 1 is 1.50 bits per heavy atom. The SMILES string of the molecule is CCCCC=CC1C(C(=O)Cl)C1(C)C. The van der Waals surface area contributed by atoms with E-state index in [9.17, 15) is 4.79 Å². The minimum atomic E-state index is -0.180. The average molecular weight is 215 g/mol. The number of unbranched alkanes of at least 4 members (excludes halogenated alkanes) is 2. The second-order valence-corrected chi connectivity index (χ2v) is 5.07. The lowest BCUT2D eigenvalue weighted by Crippen LogP contribution is -1.96. The third-order valence-corrected chi connectivity index (χ3v) is 3.46. The highest BCUT2D eigenvalue weighted by molar-refractivity contribution is 6.64. The molecule has 0 spiro atoms. The molecule has 1 aliphatic carbocycles. The highest BCUT2D eigenvalue weighted by Gasteiger charge is 2.59. The van der Waals surface area contributed by atoms with E-state index in [1.54, 1.807) is 0 Å². The van der Waals surface area contributed by atoms with Gasteiger partial charge >= 0.3 is 0 Å². The van der Waals surface area contributed by atoms with Crippen molar-refractivity contribution in [3.05, 3.63) is 12.2 Å².